The lowest BCUT2D eigenvalue weighted by molar-refractivity contribution is 0.0441. The average Bonchev–Trinajstić information content (AvgIpc) is 3.24. The van der Waals surface area contributed by atoms with Gasteiger partial charge in [0.2, 0.25) is 0 Å². The van der Waals surface area contributed by atoms with E-state index in [-0.39, 0.29) is 8.88 Å². The molecule has 2 amide bonds. The third-order valence-corrected chi connectivity index (χ3v) is 5.50. The number of aromatic amines is 1. The second kappa shape index (κ2) is 7.75. The first-order valence-electron chi connectivity index (χ1n) is 10.1. The molecular weight excluding hydrogens is 382 g/mol. The number of aromatic nitrogens is 4. The lowest BCUT2D eigenvalue weighted by Crippen LogP contribution is -2.49. The Labute approximate surface area is 176 Å². The van der Waals surface area contributed by atoms with E-state index in [1.807, 2.05) is 40.1 Å². The fourth-order valence-corrected chi connectivity index (χ4v) is 3.82. The summed E-state index contributed by atoms with van der Waals surface area (Å²) in [6, 6.07) is 7.86. The number of nitrogens with two attached hydrogens (primary N) is 1. The highest BCUT2D eigenvalue weighted by Crippen LogP contribution is 2.27. The molecule has 0 bridgehead atoms. The molecule has 3 N–H and O–H groups in total. The number of carbonyl (C=O) groups is 1. The van der Waals surface area contributed by atoms with Crippen LogP contribution in [0.2, 0.25) is 0 Å². The predicted molar refractivity (Wildman–Crippen MR) is 118 cm³/mol. The van der Waals surface area contributed by atoms with E-state index in [1.165, 1.54) is 0 Å². The molecule has 1 saturated heterocycles. The fourth-order valence-electron chi connectivity index (χ4n) is 3.82. The van der Waals surface area contributed by atoms with Gasteiger partial charge in [-0.2, -0.15) is 0 Å². The summed E-state index contributed by atoms with van der Waals surface area (Å²) in [5.74, 6) is 0.932. The summed E-state index contributed by atoms with van der Waals surface area (Å²) in [6.45, 7) is 3.70. The summed E-state index contributed by atoms with van der Waals surface area (Å²) in [4.78, 5) is 33.3. The number of morpholine rings is 1. The standard InChI is InChI=1S/C21H23N7O2.2H2/c22-19-18(20-25-15-3-1-2-4-16(15)26-20)24-17(13-23-19)14-5-7-27(8-6-14)21(29)28-9-11-30-12-10-28;;/h1-5,13H,6-12H2,(H2,22,23)(H,25,26);2*1H. The molecule has 4 heterocycles. The van der Waals surface area contributed by atoms with E-state index in [4.69, 9.17) is 15.5 Å². The normalized spacial score (nSPS) is 17.3. The fraction of sp³-hybridized carbons (Fsp3) is 0.333. The van der Waals surface area contributed by atoms with Crippen molar-refractivity contribution in [1.29, 1.82) is 0 Å². The number of hydrogen-bond donors (Lipinski definition) is 2. The van der Waals surface area contributed by atoms with Gasteiger partial charge >= 0.3 is 6.03 Å². The lowest BCUT2D eigenvalue weighted by atomic mass is 10.1. The lowest BCUT2D eigenvalue weighted by Gasteiger charge is -2.34. The number of benzene rings is 1. The number of hydrogen-bond acceptors (Lipinski definition) is 6. The second-order valence-electron chi connectivity index (χ2n) is 7.40. The average molecular weight is 409 g/mol. The largest absolute Gasteiger partial charge is 0.382 e. The van der Waals surface area contributed by atoms with Crippen molar-refractivity contribution in [3.63, 3.8) is 0 Å². The first kappa shape index (κ1) is 18.6. The quantitative estimate of drug-likeness (QED) is 0.673. The molecular formula is C21H27N7O2. The topological polar surface area (TPSA) is 113 Å². The summed E-state index contributed by atoms with van der Waals surface area (Å²) in [6.07, 6.45) is 4.45. The zero-order valence-electron chi connectivity index (χ0n) is 16.5. The van der Waals surface area contributed by atoms with E-state index in [1.54, 1.807) is 6.20 Å². The Morgan fingerprint density at radius 3 is 2.73 bits per heavy atom. The van der Waals surface area contributed by atoms with Gasteiger partial charge in [0.05, 0.1) is 36.1 Å². The molecule has 0 spiro atoms. The summed E-state index contributed by atoms with van der Waals surface area (Å²) in [5, 5.41) is 0. The van der Waals surface area contributed by atoms with Gasteiger partial charge in [0.15, 0.2) is 11.6 Å². The number of H-pyrrole nitrogens is 1. The van der Waals surface area contributed by atoms with Crippen LogP contribution in [0.15, 0.2) is 36.5 Å². The maximum absolute atomic E-state index is 12.7. The molecule has 0 radical (unpaired) electrons. The molecule has 0 unspecified atom stereocenters. The van der Waals surface area contributed by atoms with Crippen molar-refractivity contribution >= 4 is 28.5 Å². The molecule has 30 heavy (non-hydrogen) atoms. The number of rotatable bonds is 2. The molecule has 9 nitrogen and oxygen atoms in total. The van der Waals surface area contributed by atoms with Gasteiger partial charge in [-0.3, -0.25) is 0 Å². The minimum absolute atomic E-state index is 0. The molecule has 2 aliphatic rings. The second-order valence-corrected chi connectivity index (χ2v) is 7.40. The molecule has 2 aromatic heterocycles. The number of nitrogens with one attached hydrogen (secondary N) is 1. The Morgan fingerprint density at radius 2 is 1.97 bits per heavy atom. The maximum atomic E-state index is 12.7. The van der Waals surface area contributed by atoms with Crippen LogP contribution < -0.4 is 5.73 Å². The van der Waals surface area contributed by atoms with Crippen molar-refractivity contribution in [3.8, 4) is 11.5 Å². The summed E-state index contributed by atoms with van der Waals surface area (Å²) >= 11 is 0. The Morgan fingerprint density at radius 1 is 1.13 bits per heavy atom. The summed E-state index contributed by atoms with van der Waals surface area (Å²) in [5.41, 5.74) is 10.2. The van der Waals surface area contributed by atoms with E-state index in [0.29, 0.717) is 63.1 Å². The van der Waals surface area contributed by atoms with Crippen LogP contribution in [0.1, 0.15) is 15.0 Å². The Kier molecular flexibility index (Phi) is 4.80. The third kappa shape index (κ3) is 3.48. The molecule has 2 aliphatic heterocycles. The van der Waals surface area contributed by atoms with E-state index in [9.17, 15) is 4.79 Å². The van der Waals surface area contributed by atoms with Crippen molar-refractivity contribution in [2.45, 2.75) is 6.42 Å². The molecule has 3 aromatic rings. The molecule has 1 aromatic carbocycles. The number of para-hydroxylation sites is 2. The van der Waals surface area contributed by atoms with Crippen LogP contribution in [-0.4, -0.2) is 75.2 Å². The molecule has 1 fully saturated rings. The van der Waals surface area contributed by atoms with Gasteiger partial charge in [-0.25, -0.2) is 19.7 Å². The van der Waals surface area contributed by atoms with Gasteiger partial charge in [0.25, 0.3) is 0 Å². The molecule has 0 saturated carbocycles. The molecule has 158 valence electrons. The number of imidazole rings is 1. The summed E-state index contributed by atoms with van der Waals surface area (Å²) in [7, 11) is 0. The monoisotopic (exact) mass is 409 g/mol. The molecule has 0 atom stereocenters. The van der Waals surface area contributed by atoms with E-state index in [2.05, 4.69) is 15.0 Å². The SMILES string of the molecule is Nc1ncc(C2=CCN(C(=O)N3CCOCC3)CC2)nc1-c1nc2ccccc2[nH]1.[HH].[HH]. The number of nitrogens with zero attached hydrogens (tertiary/aromatic N) is 5. The number of carbonyl (C=O) groups excluding carboxylic acids is 1. The Hall–Kier alpha value is -3.46. The highest BCUT2D eigenvalue weighted by Gasteiger charge is 2.25. The number of fused-ring (bicyclic) bond motifs is 1. The Balaban J connectivity index is 0.00000144. The van der Waals surface area contributed by atoms with Crippen LogP contribution in [0.5, 0.6) is 0 Å². The van der Waals surface area contributed by atoms with Crippen LogP contribution in [-0.2, 0) is 4.74 Å². The van der Waals surface area contributed by atoms with Crippen LogP contribution >= 0.6 is 0 Å². The van der Waals surface area contributed by atoms with E-state index < -0.39 is 0 Å². The smallest absolute Gasteiger partial charge is 0.320 e. The van der Waals surface area contributed by atoms with Crippen molar-refractivity contribution in [1.82, 2.24) is 29.7 Å². The highest BCUT2D eigenvalue weighted by molar-refractivity contribution is 5.81. The number of anilines is 1. The number of nitrogen functional groups attached to an aromatic ring is 1. The molecule has 9 heteroatoms. The third-order valence-electron chi connectivity index (χ3n) is 5.50. The Bertz CT molecular complexity index is 1100. The molecule has 0 aliphatic carbocycles. The van der Waals surface area contributed by atoms with E-state index in [0.717, 1.165) is 22.3 Å². The first-order chi connectivity index (χ1) is 14.7. The van der Waals surface area contributed by atoms with Crippen molar-refractivity contribution in [2.75, 3.05) is 45.1 Å². The summed E-state index contributed by atoms with van der Waals surface area (Å²) < 4.78 is 5.33. The van der Waals surface area contributed by atoms with Gasteiger partial charge in [-0.1, -0.05) is 18.2 Å². The van der Waals surface area contributed by atoms with Crippen LogP contribution in [0, 0.1) is 0 Å². The van der Waals surface area contributed by atoms with Gasteiger partial charge in [0.1, 0.15) is 5.69 Å². The van der Waals surface area contributed by atoms with Crippen LogP contribution in [0.25, 0.3) is 28.1 Å². The van der Waals surface area contributed by atoms with Crippen LogP contribution in [0.3, 0.4) is 0 Å². The van der Waals surface area contributed by atoms with Crippen LogP contribution in [0.4, 0.5) is 10.6 Å². The maximum Gasteiger partial charge on any atom is 0.320 e. The predicted octanol–water partition coefficient (Wildman–Crippen LogP) is 2.64. The number of ether oxygens (including phenoxy) is 1. The minimum Gasteiger partial charge on any atom is -0.382 e. The van der Waals surface area contributed by atoms with Gasteiger partial charge in [0, 0.05) is 29.0 Å². The zero-order valence-corrected chi connectivity index (χ0v) is 16.5. The number of urea groups is 1. The first-order valence-corrected chi connectivity index (χ1v) is 10.1. The van der Waals surface area contributed by atoms with Crippen molar-refractivity contribution in [3.05, 3.63) is 42.2 Å². The van der Waals surface area contributed by atoms with Gasteiger partial charge in [-0.05, 0) is 24.1 Å². The van der Waals surface area contributed by atoms with Gasteiger partial charge < -0.3 is 25.3 Å². The highest BCUT2D eigenvalue weighted by atomic mass is 16.5. The van der Waals surface area contributed by atoms with E-state index >= 15 is 0 Å². The zero-order chi connectivity index (χ0) is 20.5. The minimum atomic E-state index is 0. The number of amides is 2. The van der Waals surface area contributed by atoms with Gasteiger partial charge in [-0.15, -0.1) is 0 Å². The van der Waals surface area contributed by atoms with Crippen molar-refractivity contribution in [2.24, 2.45) is 0 Å². The van der Waals surface area contributed by atoms with Crippen molar-refractivity contribution < 1.29 is 12.4 Å². The molecule has 5 rings (SSSR count).